The maximum atomic E-state index is 15.0. The number of hydrogen-bond donors (Lipinski definition) is 3. The van der Waals surface area contributed by atoms with Gasteiger partial charge in [0.05, 0.1) is 24.2 Å². The number of carbonyl (C=O) groups excluding carboxylic acids is 3. The highest BCUT2D eigenvalue weighted by atomic mass is 19.3. The first kappa shape index (κ1) is 37.9. The molecule has 1 aliphatic rings. The number of rotatable bonds is 16. The van der Waals surface area contributed by atoms with Crippen molar-refractivity contribution in [1.29, 1.82) is 0 Å². The van der Waals surface area contributed by atoms with E-state index in [4.69, 9.17) is 9.47 Å². The third-order valence-corrected chi connectivity index (χ3v) is 9.30. The van der Waals surface area contributed by atoms with E-state index in [1.54, 1.807) is 26.8 Å². The molecule has 10 nitrogen and oxygen atoms in total. The average molecular weight is 663 g/mol. The number of Topliss-reactive ketones (excluding diaryl/α,β-unsaturated/α-hetero) is 1. The molecule has 2 amide bonds. The lowest BCUT2D eigenvalue weighted by molar-refractivity contribution is -0.133. The fourth-order valence-corrected chi connectivity index (χ4v) is 6.07. The van der Waals surface area contributed by atoms with Gasteiger partial charge in [-0.1, -0.05) is 67.7 Å². The summed E-state index contributed by atoms with van der Waals surface area (Å²) in [7, 11) is 1.47. The summed E-state index contributed by atoms with van der Waals surface area (Å²) in [6, 6.07) is 3.02. The van der Waals surface area contributed by atoms with Crippen LogP contribution in [0.25, 0.3) is 11.0 Å². The van der Waals surface area contributed by atoms with Gasteiger partial charge in [-0.05, 0) is 49.7 Å². The van der Waals surface area contributed by atoms with Crippen LogP contribution in [0.5, 0.6) is 5.75 Å². The van der Waals surface area contributed by atoms with Gasteiger partial charge in [-0.3, -0.25) is 14.4 Å². The smallest absolute Gasteiger partial charge is 0.408 e. The molecule has 2 aromatic rings. The Balaban J connectivity index is 1.55. The summed E-state index contributed by atoms with van der Waals surface area (Å²) < 4.78 is 41.0. The molecule has 0 spiro atoms. The molecule has 1 fully saturated rings. The van der Waals surface area contributed by atoms with Gasteiger partial charge in [0.2, 0.25) is 5.91 Å². The SMILES string of the molecule is CCC(CC)[C@H](NC(=O)C(NC(=O)OC1(C)C[C@H]1CCCCC(F)(F)c1nc2ccc(OC)cc2[nH]c1=O)C(C)(C)C)C(=O)C(C)C. The summed E-state index contributed by atoms with van der Waals surface area (Å²) in [5, 5.41) is 5.65. The number of alkyl carbamates (subject to hydrolysis) is 1. The van der Waals surface area contributed by atoms with E-state index in [9.17, 15) is 19.2 Å². The van der Waals surface area contributed by atoms with Crippen molar-refractivity contribution in [2.24, 2.45) is 23.2 Å². The molecule has 0 aliphatic heterocycles. The number of fused-ring (bicyclic) bond motifs is 1. The van der Waals surface area contributed by atoms with Crippen LogP contribution in [0.2, 0.25) is 0 Å². The molecule has 12 heteroatoms. The maximum Gasteiger partial charge on any atom is 0.408 e. The van der Waals surface area contributed by atoms with Crippen LogP contribution >= 0.6 is 0 Å². The molecule has 1 heterocycles. The lowest BCUT2D eigenvalue weighted by Gasteiger charge is -2.34. The number of nitrogens with one attached hydrogen (secondary N) is 3. The number of H-pyrrole nitrogens is 1. The molecule has 2 unspecified atom stereocenters. The Morgan fingerprint density at radius 2 is 1.77 bits per heavy atom. The van der Waals surface area contributed by atoms with Crippen molar-refractivity contribution in [1.82, 2.24) is 20.6 Å². The second-order valence-electron chi connectivity index (χ2n) is 14.4. The first-order valence-corrected chi connectivity index (χ1v) is 16.7. The van der Waals surface area contributed by atoms with Crippen molar-refractivity contribution >= 4 is 28.8 Å². The van der Waals surface area contributed by atoms with Crippen LogP contribution in [0, 0.1) is 23.2 Å². The zero-order valence-corrected chi connectivity index (χ0v) is 29.2. The second-order valence-corrected chi connectivity index (χ2v) is 14.4. The molecule has 3 N–H and O–H groups in total. The van der Waals surface area contributed by atoms with Gasteiger partial charge in [0.1, 0.15) is 17.4 Å². The quantitative estimate of drug-likeness (QED) is 0.171. The molecule has 47 heavy (non-hydrogen) atoms. The highest BCUT2D eigenvalue weighted by Gasteiger charge is 2.53. The number of carbonyl (C=O) groups is 3. The third-order valence-electron chi connectivity index (χ3n) is 9.30. The standard InChI is InChI=1S/C35H52F2N4O6/c1-10-21(11-2)26(27(42)20(3)4)40-30(43)28(33(5,6)7)41-32(45)47-34(8)19-22(34)14-12-13-17-35(36,37)29-31(44)39-25-18-23(46-9)15-16-24(25)38-29/h15-16,18,20-22,26,28H,10-14,17,19H2,1-9H3,(H,39,44)(H,40,43)(H,41,45)/t22-,26+,28?,34?/m1/s1. The average Bonchev–Trinajstić information content (AvgIpc) is 3.64. The number of ketones is 1. The molecule has 3 rings (SSSR count). The Bertz CT molecular complexity index is 1480. The van der Waals surface area contributed by atoms with Gasteiger partial charge in [-0.2, -0.15) is 8.78 Å². The Morgan fingerprint density at radius 3 is 2.34 bits per heavy atom. The third kappa shape index (κ3) is 9.50. The number of hydrogen-bond acceptors (Lipinski definition) is 7. The first-order valence-electron chi connectivity index (χ1n) is 16.7. The van der Waals surface area contributed by atoms with Gasteiger partial charge < -0.3 is 25.1 Å². The molecule has 1 aromatic carbocycles. The minimum atomic E-state index is -3.42. The molecular formula is C35H52F2N4O6. The number of unbranched alkanes of at least 4 members (excludes halogenated alkanes) is 1. The van der Waals surface area contributed by atoms with E-state index >= 15 is 8.78 Å². The highest BCUT2D eigenvalue weighted by molar-refractivity contribution is 5.93. The highest BCUT2D eigenvalue weighted by Crippen LogP contribution is 2.50. The van der Waals surface area contributed by atoms with E-state index in [0.717, 1.165) is 12.8 Å². The fourth-order valence-electron chi connectivity index (χ4n) is 6.07. The zero-order valence-electron chi connectivity index (χ0n) is 29.2. The van der Waals surface area contributed by atoms with E-state index in [-0.39, 0.29) is 35.5 Å². The fraction of sp³-hybridized carbons (Fsp3) is 0.686. The number of benzene rings is 1. The number of aromatic amines is 1. The largest absolute Gasteiger partial charge is 0.497 e. The van der Waals surface area contributed by atoms with Gasteiger partial charge in [-0.15, -0.1) is 0 Å². The first-order chi connectivity index (χ1) is 21.9. The summed E-state index contributed by atoms with van der Waals surface area (Å²) in [4.78, 5) is 58.4. The van der Waals surface area contributed by atoms with E-state index in [1.807, 2.05) is 34.6 Å². The number of ether oxygens (including phenoxy) is 2. The number of nitrogens with zero attached hydrogens (tertiary/aromatic N) is 1. The molecule has 1 aliphatic carbocycles. The number of halogens is 2. The van der Waals surface area contributed by atoms with E-state index < -0.39 is 58.7 Å². The van der Waals surface area contributed by atoms with Crippen molar-refractivity contribution < 1.29 is 32.6 Å². The van der Waals surface area contributed by atoms with Crippen LogP contribution in [0.1, 0.15) is 106 Å². The van der Waals surface area contributed by atoms with Crippen molar-refractivity contribution in [3.8, 4) is 5.75 Å². The topological polar surface area (TPSA) is 139 Å². The Kier molecular flexibility index (Phi) is 12.2. The molecule has 1 saturated carbocycles. The minimum absolute atomic E-state index is 0.0242. The van der Waals surface area contributed by atoms with Gasteiger partial charge in [0.25, 0.3) is 11.5 Å². The van der Waals surface area contributed by atoms with Crippen LogP contribution in [-0.2, 0) is 20.2 Å². The minimum Gasteiger partial charge on any atom is -0.497 e. The van der Waals surface area contributed by atoms with Gasteiger partial charge in [0, 0.05) is 24.3 Å². The summed E-state index contributed by atoms with van der Waals surface area (Å²) in [6.07, 6.45) is 1.87. The van der Waals surface area contributed by atoms with Crippen molar-refractivity contribution in [2.45, 2.75) is 124 Å². The number of aromatic nitrogens is 2. The summed E-state index contributed by atoms with van der Waals surface area (Å²) in [6.45, 7) is 14.8. The molecule has 0 radical (unpaired) electrons. The van der Waals surface area contributed by atoms with Crippen LogP contribution in [0.4, 0.5) is 13.6 Å². The Hall–Kier alpha value is -3.57. The second kappa shape index (κ2) is 15.1. The molecule has 4 atom stereocenters. The molecule has 0 bridgehead atoms. The predicted octanol–water partition coefficient (Wildman–Crippen LogP) is 6.65. The zero-order chi connectivity index (χ0) is 35.3. The van der Waals surface area contributed by atoms with Gasteiger partial charge in [-0.25, -0.2) is 9.78 Å². The van der Waals surface area contributed by atoms with Crippen molar-refractivity contribution in [3.63, 3.8) is 0 Å². The molecule has 1 aromatic heterocycles. The number of methoxy groups -OCH3 is 1. The lowest BCUT2D eigenvalue weighted by atomic mass is 9.84. The van der Waals surface area contributed by atoms with E-state index in [1.165, 1.54) is 19.2 Å². The lowest BCUT2D eigenvalue weighted by Crippen LogP contribution is -2.58. The summed E-state index contributed by atoms with van der Waals surface area (Å²) >= 11 is 0. The van der Waals surface area contributed by atoms with E-state index in [0.29, 0.717) is 30.5 Å². The molecule has 262 valence electrons. The van der Waals surface area contributed by atoms with Crippen molar-refractivity contribution in [3.05, 3.63) is 34.2 Å². The summed E-state index contributed by atoms with van der Waals surface area (Å²) in [5.74, 6) is -3.74. The van der Waals surface area contributed by atoms with Crippen LogP contribution in [0.3, 0.4) is 0 Å². The summed E-state index contributed by atoms with van der Waals surface area (Å²) in [5.41, 5.74) is -2.66. The molecular weight excluding hydrogens is 610 g/mol. The van der Waals surface area contributed by atoms with Crippen molar-refractivity contribution in [2.75, 3.05) is 7.11 Å². The monoisotopic (exact) mass is 662 g/mol. The Labute approximate surface area is 276 Å². The predicted molar refractivity (Wildman–Crippen MR) is 176 cm³/mol. The van der Waals surface area contributed by atoms with E-state index in [2.05, 4.69) is 20.6 Å². The van der Waals surface area contributed by atoms with Crippen LogP contribution in [-0.4, -0.2) is 52.5 Å². The molecule has 0 saturated heterocycles. The van der Waals surface area contributed by atoms with Gasteiger partial charge in [0.15, 0.2) is 11.5 Å². The Morgan fingerprint density at radius 1 is 1.11 bits per heavy atom. The normalized spacial score (nSPS) is 19.4. The number of alkyl halides is 2. The van der Waals surface area contributed by atoms with Crippen LogP contribution in [0.15, 0.2) is 23.0 Å². The van der Waals surface area contributed by atoms with Gasteiger partial charge >= 0.3 is 6.09 Å². The van der Waals surface area contributed by atoms with Crippen LogP contribution < -0.4 is 20.9 Å². The number of amides is 2. The maximum absolute atomic E-state index is 15.0.